The van der Waals surface area contributed by atoms with Crippen molar-refractivity contribution >= 4 is 17.5 Å². The molecule has 0 unspecified atom stereocenters. The molecule has 2 bridgehead atoms. The highest BCUT2D eigenvalue weighted by atomic mass is 16.7. The molecule has 5 fully saturated rings. The fraction of sp³-hybridized carbons (Fsp3) is 0.583. The maximum atomic E-state index is 14.4. The quantitative estimate of drug-likeness (QED) is 0.135. The standard InChI is InChI=1S/C48H67N5O7/c1-29-40-23-35(48(40,3)4)24-41(29)50-47(58)44-43(30(2)56)42(28-55)60-53(44)25-32-15-11-17-39(45(32)59-7)33-20-34(22-38(21-33)52-18-12-16-37(52)27-54)46(57)49-36(26-51(5)6)19-31-13-9-8-10-14-31/h8-11,13-15,17,20-22,29-30,35-37,40-44,54-56H,12,16,18-19,23-28H2,1-7H3,(H,49,57)(H,50,58)/t29-,30-,35-,36-,37+,40+,41-,42-,43+,44-/m0/s1. The number of carbonyl (C=O) groups excluding carboxylic acids is 2. The molecule has 0 radical (unpaired) electrons. The van der Waals surface area contributed by atoms with Gasteiger partial charge in [0.15, 0.2) is 0 Å². The van der Waals surface area contributed by atoms with Gasteiger partial charge < -0.3 is 40.5 Å². The van der Waals surface area contributed by atoms with Gasteiger partial charge in [-0.15, -0.1) is 0 Å². The largest absolute Gasteiger partial charge is 0.496 e. The predicted molar refractivity (Wildman–Crippen MR) is 233 cm³/mol. The zero-order chi connectivity index (χ0) is 42.9. The number of hydrogen-bond donors (Lipinski definition) is 5. The van der Waals surface area contributed by atoms with E-state index in [1.165, 1.54) is 6.42 Å². The average Bonchev–Trinajstić information content (AvgIpc) is 3.86. The number of nitrogens with zero attached hydrogens (tertiary/aromatic N) is 3. The summed E-state index contributed by atoms with van der Waals surface area (Å²) in [6.07, 6.45) is 2.88. The van der Waals surface area contributed by atoms with Gasteiger partial charge in [-0.3, -0.25) is 14.4 Å². The molecule has 2 amide bonds. The van der Waals surface area contributed by atoms with Crippen molar-refractivity contribution in [3.63, 3.8) is 0 Å². The molecule has 0 aromatic heterocycles. The molecular formula is C48H67N5O7. The number of methoxy groups -OCH3 is 1. The maximum Gasteiger partial charge on any atom is 0.251 e. The molecule has 5 aliphatic rings. The van der Waals surface area contributed by atoms with Crippen LogP contribution >= 0.6 is 0 Å². The molecule has 3 aromatic rings. The van der Waals surface area contributed by atoms with Gasteiger partial charge in [-0.25, -0.2) is 0 Å². The lowest BCUT2D eigenvalue weighted by atomic mass is 9.45. The minimum atomic E-state index is -0.919. The van der Waals surface area contributed by atoms with Crippen molar-refractivity contribution in [3.05, 3.63) is 83.4 Å². The number of anilines is 1. The molecule has 60 heavy (non-hydrogen) atoms. The van der Waals surface area contributed by atoms with Crippen LogP contribution in [0, 0.1) is 29.1 Å². The van der Waals surface area contributed by atoms with E-state index in [2.05, 4.69) is 59.4 Å². The number of aliphatic hydroxyl groups is 3. The normalized spacial score (nSPS) is 28.3. The molecule has 0 spiro atoms. The highest BCUT2D eigenvalue weighted by molar-refractivity contribution is 5.97. The Morgan fingerprint density at radius 2 is 1.80 bits per heavy atom. The van der Waals surface area contributed by atoms with Crippen LogP contribution in [0.15, 0.2) is 66.7 Å². The number of nitrogens with one attached hydrogen (secondary N) is 2. The van der Waals surface area contributed by atoms with Gasteiger partial charge in [0, 0.05) is 53.5 Å². The molecule has 3 aliphatic carbocycles. The molecule has 3 aromatic carbocycles. The first-order chi connectivity index (χ1) is 28.7. The number of hydrogen-bond acceptors (Lipinski definition) is 10. The number of ether oxygens (including phenoxy) is 1. The lowest BCUT2D eigenvalue weighted by molar-refractivity contribution is -0.183. The average molecular weight is 826 g/mol. The van der Waals surface area contributed by atoms with Gasteiger partial charge in [-0.1, -0.05) is 69.3 Å². The van der Waals surface area contributed by atoms with Crippen molar-refractivity contribution < 1.29 is 34.5 Å². The molecular weight excluding hydrogens is 759 g/mol. The summed E-state index contributed by atoms with van der Waals surface area (Å²) >= 11 is 0. The second-order valence-corrected chi connectivity index (χ2v) is 18.8. The summed E-state index contributed by atoms with van der Waals surface area (Å²) in [6, 6.07) is 20.8. The van der Waals surface area contributed by atoms with E-state index in [9.17, 15) is 24.9 Å². The second-order valence-electron chi connectivity index (χ2n) is 18.8. The van der Waals surface area contributed by atoms with Crippen LogP contribution in [0.25, 0.3) is 11.1 Å². The first-order valence-electron chi connectivity index (χ1n) is 21.9. The topological polar surface area (TPSA) is 147 Å². The minimum Gasteiger partial charge on any atom is -0.496 e. The molecule has 5 N–H and O–H groups in total. The SMILES string of the molecule is COc1c(CN2O[C@@H](CO)[C@@H]([C@H](C)O)[C@H]2C(=O)N[C@H]2C[C@@H]3C[C@H]([C@@H]2C)C3(C)C)cccc1-c1cc(C(=O)N[C@@H](Cc2ccccc2)CN(C)C)cc(N2CCC[C@@H]2CO)c1. The Labute approximate surface area is 356 Å². The fourth-order valence-corrected chi connectivity index (χ4v) is 11.0. The van der Waals surface area contributed by atoms with Gasteiger partial charge in [-0.2, -0.15) is 5.06 Å². The predicted octanol–water partition coefficient (Wildman–Crippen LogP) is 4.89. The van der Waals surface area contributed by atoms with E-state index in [0.29, 0.717) is 42.0 Å². The number of hydroxylamine groups is 2. The van der Waals surface area contributed by atoms with Crippen molar-refractivity contribution in [2.45, 2.75) is 103 Å². The van der Waals surface area contributed by atoms with Gasteiger partial charge in [0.2, 0.25) is 5.91 Å². The molecule has 3 saturated carbocycles. The molecule has 2 aliphatic heterocycles. The van der Waals surface area contributed by atoms with E-state index in [1.807, 2.05) is 62.6 Å². The molecule has 326 valence electrons. The zero-order valence-electron chi connectivity index (χ0n) is 36.5. The zero-order valence-corrected chi connectivity index (χ0v) is 36.5. The molecule has 8 rings (SSSR count). The third kappa shape index (κ3) is 8.96. The monoisotopic (exact) mass is 826 g/mol. The number of rotatable bonds is 16. The van der Waals surface area contributed by atoms with Crippen molar-refractivity contribution in [2.24, 2.45) is 29.1 Å². The Bertz CT molecular complexity index is 1960. The van der Waals surface area contributed by atoms with Gasteiger partial charge in [0.1, 0.15) is 17.9 Å². The van der Waals surface area contributed by atoms with Gasteiger partial charge in [-0.05, 0) is 106 Å². The van der Waals surface area contributed by atoms with Crippen molar-refractivity contribution in [1.29, 1.82) is 0 Å². The van der Waals surface area contributed by atoms with Crippen LogP contribution in [-0.4, -0.2) is 121 Å². The Morgan fingerprint density at radius 1 is 1.03 bits per heavy atom. The van der Waals surface area contributed by atoms with E-state index in [0.717, 1.165) is 53.7 Å². The molecule has 2 saturated heterocycles. The number of para-hydroxylation sites is 1. The third-order valence-corrected chi connectivity index (χ3v) is 14.3. The lowest BCUT2D eigenvalue weighted by Gasteiger charge is -2.62. The number of aliphatic hydroxyl groups excluding tert-OH is 3. The number of likely N-dealkylation sites (N-methyl/N-ethyl adjacent to an activating group) is 1. The van der Waals surface area contributed by atoms with E-state index >= 15 is 0 Å². The van der Waals surface area contributed by atoms with Crippen LogP contribution < -0.4 is 20.3 Å². The summed E-state index contributed by atoms with van der Waals surface area (Å²) in [5.41, 5.74) is 5.01. The van der Waals surface area contributed by atoms with Crippen molar-refractivity contribution in [3.8, 4) is 16.9 Å². The van der Waals surface area contributed by atoms with Crippen LogP contribution in [0.4, 0.5) is 5.69 Å². The van der Waals surface area contributed by atoms with Crippen LogP contribution in [0.5, 0.6) is 5.75 Å². The van der Waals surface area contributed by atoms with E-state index in [1.54, 1.807) is 19.1 Å². The highest BCUT2D eigenvalue weighted by Gasteiger charge is 2.57. The summed E-state index contributed by atoms with van der Waals surface area (Å²) in [6.45, 7) is 9.78. The van der Waals surface area contributed by atoms with Crippen LogP contribution in [0.2, 0.25) is 0 Å². The summed E-state index contributed by atoms with van der Waals surface area (Å²) in [4.78, 5) is 39.3. The van der Waals surface area contributed by atoms with Crippen molar-refractivity contribution in [1.82, 2.24) is 20.6 Å². The third-order valence-electron chi connectivity index (χ3n) is 14.3. The first-order valence-corrected chi connectivity index (χ1v) is 21.9. The summed E-state index contributed by atoms with van der Waals surface area (Å²) in [5.74, 6) is 0.911. The smallest absolute Gasteiger partial charge is 0.251 e. The van der Waals surface area contributed by atoms with Gasteiger partial charge in [0.25, 0.3) is 5.91 Å². The molecule has 10 atom stereocenters. The van der Waals surface area contributed by atoms with Crippen LogP contribution in [0.3, 0.4) is 0 Å². The van der Waals surface area contributed by atoms with Gasteiger partial charge >= 0.3 is 0 Å². The number of carbonyl (C=O) groups is 2. The van der Waals surface area contributed by atoms with Gasteiger partial charge in [0.05, 0.1) is 39.0 Å². The Kier molecular flexibility index (Phi) is 13.6. The minimum absolute atomic E-state index is 0.0121. The molecule has 2 heterocycles. The summed E-state index contributed by atoms with van der Waals surface area (Å²) < 4.78 is 6.18. The fourth-order valence-electron chi connectivity index (χ4n) is 11.0. The summed E-state index contributed by atoms with van der Waals surface area (Å²) in [5, 5.41) is 40.1. The second kappa shape index (κ2) is 18.5. The number of benzene rings is 3. The Morgan fingerprint density at radius 3 is 2.45 bits per heavy atom. The van der Waals surface area contributed by atoms with Crippen LogP contribution in [-0.2, 0) is 22.6 Å². The molecule has 12 heteroatoms. The Balaban J connectivity index is 1.20. The maximum absolute atomic E-state index is 14.4. The highest BCUT2D eigenvalue weighted by Crippen LogP contribution is 2.61. The first kappa shape index (κ1) is 44.0. The van der Waals surface area contributed by atoms with E-state index < -0.39 is 24.2 Å². The number of fused-ring (bicyclic) bond motifs is 2. The van der Waals surface area contributed by atoms with Crippen LogP contribution in [0.1, 0.15) is 74.9 Å². The number of amides is 2. The van der Waals surface area contributed by atoms with Crippen molar-refractivity contribution in [2.75, 3.05) is 52.4 Å². The van der Waals surface area contributed by atoms with E-state index in [-0.39, 0.29) is 55.1 Å². The van der Waals surface area contributed by atoms with E-state index in [4.69, 9.17) is 9.57 Å². The summed E-state index contributed by atoms with van der Waals surface area (Å²) in [7, 11) is 5.61. The lowest BCUT2D eigenvalue weighted by Crippen LogP contribution is -2.62. The Hall–Kier alpha value is -4.04. The molecule has 12 nitrogen and oxygen atoms in total.